The fourth-order valence-corrected chi connectivity index (χ4v) is 0. The SMILES string of the molecule is CP(C)C(C)(C)C.[Au+3]. The molecule has 0 fully saturated rings. The molecule has 0 spiro atoms. The van der Waals surface area contributed by atoms with Crippen LogP contribution in [0.15, 0.2) is 0 Å². The molecule has 0 heterocycles. The van der Waals surface area contributed by atoms with E-state index in [2.05, 4.69) is 34.1 Å². The zero-order valence-corrected chi connectivity index (χ0v) is 9.31. The van der Waals surface area contributed by atoms with Crippen LogP contribution in [0, 0.1) is 0 Å². The predicted octanol–water partition coefficient (Wildman–Crippen LogP) is 2.52. The van der Waals surface area contributed by atoms with E-state index in [4.69, 9.17) is 0 Å². The molecular weight excluding hydrogens is 300 g/mol. The van der Waals surface area contributed by atoms with Crippen LogP contribution in [0.4, 0.5) is 0 Å². The Balaban J connectivity index is 0. The van der Waals surface area contributed by atoms with Gasteiger partial charge in [0.05, 0.1) is 0 Å². The maximum absolute atomic E-state index is 2.31. The van der Waals surface area contributed by atoms with E-state index in [9.17, 15) is 0 Å². The Labute approximate surface area is 69.7 Å². The molecule has 0 radical (unpaired) electrons. The topological polar surface area (TPSA) is 0 Å². The summed E-state index contributed by atoms with van der Waals surface area (Å²) in [6.07, 6.45) is 0. The van der Waals surface area contributed by atoms with E-state index in [0.717, 1.165) is 0 Å². The Morgan fingerprint density at radius 3 is 1.12 bits per heavy atom. The summed E-state index contributed by atoms with van der Waals surface area (Å²) in [6, 6.07) is 0. The fraction of sp³-hybridized carbons (Fsp3) is 1.00. The Bertz CT molecular complexity index is 54.0. The van der Waals surface area contributed by atoms with Gasteiger partial charge in [0, 0.05) is 0 Å². The van der Waals surface area contributed by atoms with Crippen LogP contribution in [0.3, 0.4) is 0 Å². The van der Waals surface area contributed by atoms with Crippen molar-refractivity contribution in [2.45, 2.75) is 25.9 Å². The van der Waals surface area contributed by atoms with Crippen LogP contribution in [-0.2, 0) is 22.4 Å². The van der Waals surface area contributed by atoms with E-state index in [1.807, 2.05) is 0 Å². The first-order valence-electron chi connectivity index (χ1n) is 2.62. The fourth-order valence-electron chi connectivity index (χ4n) is 0. The van der Waals surface area contributed by atoms with Crippen LogP contribution in [0.1, 0.15) is 20.8 Å². The van der Waals surface area contributed by atoms with Crippen LogP contribution in [0.2, 0.25) is 0 Å². The summed E-state index contributed by atoms with van der Waals surface area (Å²) in [6.45, 7) is 11.5. The van der Waals surface area contributed by atoms with Crippen molar-refractivity contribution in [3.8, 4) is 0 Å². The van der Waals surface area contributed by atoms with Crippen LogP contribution >= 0.6 is 7.92 Å². The summed E-state index contributed by atoms with van der Waals surface area (Å²) in [5.41, 5.74) is 0. The molecule has 0 aromatic rings. The van der Waals surface area contributed by atoms with Gasteiger partial charge in [-0.05, 0) is 18.5 Å². The summed E-state index contributed by atoms with van der Waals surface area (Å²) in [5, 5.41) is 0.565. The molecule has 0 atom stereocenters. The Kier molecular flexibility index (Phi) is 6.04. The Morgan fingerprint density at radius 2 is 1.12 bits per heavy atom. The van der Waals surface area contributed by atoms with E-state index < -0.39 is 0 Å². The molecule has 8 heavy (non-hydrogen) atoms. The molecule has 0 saturated carbocycles. The van der Waals surface area contributed by atoms with Gasteiger partial charge in [0.1, 0.15) is 0 Å². The smallest absolute Gasteiger partial charge is 0.108 e. The van der Waals surface area contributed by atoms with Gasteiger partial charge in [-0.2, -0.15) is 0 Å². The van der Waals surface area contributed by atoms with Gasteiger partial charge < -0.3 is 0 Å². The zero-order chi connectivity index (χ0) is 6.08. The predicted molar refractivity (Wildman–Crippen MR) is 38.5 cm³/mol. The van der Waals surface area contributed by atoms with Crippen molar-refractivity contribution in [2.75, 3.05) is 13.3 Å². The molecule has 0 N–H and O–H groups in total. The van der Waals surface area contributed by atoms with E-state index >= 15 is 0 Å². The molecule has 52 valence electrons. The minimum atomic E-state index is 0. The molecule has 0 aliphatic heterocycles. The summed E-state index contributed by atoms with van der Waals surface area (Å²) in [7, 11) is 0.258. The first-order chi connectivity index (χ1) is 2.94. The van der Waals surface area contributed by atoms with E-state index in [1.54, 1.807) is 0 Å². The van der Waals surface area contributed by atoms with Crippen molar-refractivity contribution >= 4 is 7.92 Å². The zero-order valence-electron chi connectivity index (χ0n) is 6.25. The summed E-state index contributed by atoms with van der Waals surface area (Å²) in [4.78, 5) is 0. The largest absolute Gasteiger partial charge is 3.00 e. The number of hydrogen-bond acceptors (Lipinski definition) is 0. The normalized spacial score (nSPS) is 11.2. The molecule has 0 aliphatic rings. The molecule has 0 rings (SSSR count). The van der Waals surface area contributed by atoms with Crippen molar-refractivity contribution in [2.24, 2.45) is 0 Å². The molecule has 2 heteroatoms. The van der Waals surface area contributed by atoms with Crippen LogP contribution in [0.5, 0.6) is 0 Å². The summed E-state index contributed by atoms with van der Waals surface area (Å²) >= 11 is 0. The average molecular weight is 315 g/mol. The third-order valence-electron chi connectivity index (χ3n) is 1.34. The average Bonchev–Trinajstić information content (AvgIpc) is 1.31. The van der Waals surface area contributed by atoms with E-state index in [0.29, 0.717) is 5.16 Å². The third kappa shape index (κ3) is 5.31. The molecule has 0 aliphatic carbocycles. The Hall–Kier alpha value is 1.17. The monoisotopic (exact) mass is 315 g/mol. The molecule has 0 nitrogen and oxygen atoms in total. The van der Waals surface area contributed by atoms with Crippen LogP contribution < -0.4 is 0 Å². The third-order valence-corrected chi connectivity index (χ3v) is 4.02. The van der Waals surface area contributed by atoms with Gasteiger partial charge in [-0.25, -0.2) is 0 Å². The second kappa shape index (κ2) is 4.06. The standard InChI is InChI=1S/C6H15P.Au/c1-6(2,3)7(4)5;/h1-5H3;/q;+3. The minimum absolute atomic E-state index is 0. The van der Waals surface area contributed by atoms with Crippen molar-refractivity contribution in [1.29, 1.82) is 0 Å². The number of rotatable bonds is 0. The Morgan fingerprint density at radius 1 is 1.00 bits per heavy atom. The van der Waals surface area contributed by atoms with Crippen molar-refractivity contribution in [1.82, 2.24) is 0 Å². The first kappa shape index (κ1) is 11.9. The molecule has 0 aromatic carbocycles. The van der Waals surface area contributed by atoms with Crippen molar-refractivity contribution in [3.05, 3.63) is 0 Å². The van der Waals surface area contributed by atoms with Gasteiger partial charge in [-0.15, -0.1) is 7.92 Å². The molecule has 0 saturated heterocycles. The molecular formula is C6H15AuP+3. The van der Waals surface area contributed by atoms with E-state index in [-0.39, 0.29) is 30.3 Å². The van der Waals surface area contributed by atoms with Crippen molar-refractivity contribution < 1.29 is 22.4 Å². The van der Waals surface area contributed by atoms with Gasteiger partial charge in [-0.1, -0.05) is 20.8 Å². The number of hydrogen-bond donors (Lipinski definition) is 0. The van der Waals surface area contributed by atoms with E-state index in [1.165, 1.54) is 0 Å². The maximum Gasteiger partial charge on any atom is 3.00 e. The van der Waals surface area contributed by atoms with Crippen LogP contribution in [-0.4, -0.2) is 18.5 Å². The van der Waals surface area contributed by atoms with Gasteiger partial charge in [-0.3, -0.25) is 0 Å². The minimum Gasteiger partial charge on any atom is -0.108 e. The molecule has 0 bridgehead atoms. The summed E-state index contributed by atoms with van der Waals surface area (Å²) < 4.78 is 0. The maximum atomic E-state index is 2.31. The van der Waals surface area contributed by atoms with Crippen molar-refractivity contribution in [3.63, 3.8) is 0 Å². The molecule has 0 unspecified atom stereocenters. The van der Waals surface area contributed by atoms with Gasteiger partial charge >= 0.3 is 22.4 Å². The summed E-state index contributed by atoms with van der Waals surface area (Å²) in [5.74, 6) is 0. The first-order valence-corrected chi connectivity index (χ1v) is 4.85. The van der Waals surface area contributed by atoms with Crippen LogP contribution in [0.25, 0.3) is 0 Å². The second-order valence-electron chi connectivity index (χ2n) is 3.07. The second-order valence-corrected chi connectivity index (χ2v) is 6.20. The van der Waals surface area contributed by atoms with Gasteiger partial charge in [0.25, 0.3) is 0 Å². The van der Waals surface area contributed by atoms with Gasteiger partial charge in [0.2, 0.25) is 0 Å². The quantitative estimate of drug-likeness (QED) is 0.476. The van der Waals surface area contributed by atoms with Gasteiger partial charge in [0.15, 0.2) is 0 Å². The molecule has 0 aromatic heterocycles. The molecule has 0 amide bonds.